The summed E-state index contributed by atoms with van der Waals surface area (Å²) in [5.41, 5.74) is 8.22. The highest BCUT2D eigenvalue weighted by Gasteiger charge is 2.15. The second-order valence-electron chi connectivity index (χ2n) is 3.92. The molecule has 2 N–H and O–H groups in total. The van der Waals surface area contributed by atoms with E-state index in [1.807, 2.05) is 12.1 Å². The molecule has 7 heteroatoms. The van der Waals surface area contributed by atoms with Gasteiger partial charge in [0.2, 0.25) is 0 Å². The van der Waals surface area contributed by atoms with E-state index in [1.165, 1.54) is 10.3 Å². The maximum absolute atomic E-state index is 13.2. The van der Waals surface area contributed by atoms with E-state index in [9.17, 15) is 3.89 Å². The molecule has 3 aromatic rings. The van der Waals surface area contributed by atoms with Crippen molar-refractivity contribution in [3.05, 3.63) is 41.8 Å². The molecule has 0 atom stereocenters. The fraction of sp³-hybridized carbons (Fsp3) is 0. The third kappa shape index (κ3) is 2.02. The van der Waals surface area contributed by atoms with Gasteiger partial charge in [0.15, 0.2) is 18.0 Å². The summed E-state index contributed by atoms with van der Waals surface area (Å²) in [4.78, 5) is 7.95. The minimum Gasteiger partial charge on any atom is -0.399 e. The summed E-state index contributed by atoms with van der Waals surface area (Å²) in [6.45, 7) is 0. The molecule has 4 nitrogen and oxygen atoms in total. The number of hydrogen-bond acceptors (Lipinski definition) is 4. The molecule has 0 saturated carbocycles. The molecule has 0 aliphatic heterocycles. The van der Waals surface area contributed by atoms with Gasteiger partial charge in [0.25, 0.3) is 0 Å². The summed E-state index contributed by atoms with van der Waals surface area (Å²) in [7, 11) is 0. The average Bonchev–Trinajstić information content (AvgIpc) is 2.79. The van der Waals surface area contributed by atoms with Gasteiger partial charge in [-0.2, -0.15) is 0 Å². The second-order valence-corrected chi connectivity index (χ2v) is 4.78. The molecule has 96 valence electrons. The van der Waals surface area contributed by atoms with Crippen LogP contribution in [0.25, 0.3) is 22.3 Å². The Balaban J connectivity index is 2.29. The summed E-state index contributed by atoms with van der Waals surface area (Å²) in [5.74, 6) is 0. The van der Waals surface area contributed by atoms with E-state index in [2.05, 4.69) is 9.97 Å². The van der Waals surface area contributed by atoms with Gasteiger partial charge >= 0.3 is 0 Å². The highest BCUT2D eigenvalue weighted by Crippen LogP contribution is 2.33. The van der Waals surface area contributed by atoms with Crippen molar-refractivity contribution in [2.45, 2.75) is 0 Å². The molecular formula is C12H8ClFN4S. The maximum Gasteiger partial charge on any atom is 0.171 e. The van der Waals surface area contributed by atoms with Gasteiger partial charge in [0.05, 0.1) is 11.1 Å². The van der Waals surface area contributed by atoms with Gasteiger partial charge in [-0.25, -0.2) is 13.9 Å². The van der Waals surface area contributed by atoms with Crippen molar-refractivity contribution in [1.82, 2.24) is 13.9 Å². The van der Waals surface area contributed by atoms with Crippen LogP contribution < -0.4 is 5.73 Å². The molecule has 2 heterocycles. The molecular weight excluding hydrogens is 287 g/mol. The first kappa shape index (κ1) is 12.3. The largest absolute Gasteiger partial charge is 0.399 e. The van der Waals surface area contributed by atoms with Crippen LogP contribution in [0, 0.1) is 0 Å². The van der Waals surface area contributed by atoms with Gasteiger partial charge < -0.3 is 5.73 Å². The van der Waals surface area contributed by atoms with Crippen LogP contribution in [0.15, 0.2) is 36.7 Å². The van der Waals surface area contributed by atoms with E-state index in [-0.39, 0.29) is 12.3 Å². The molecule has 1 aromatic carbocycles. The normalized spacial score (nSPS) is 11.1. The zero-order valence-electron chi connectivity index (χ0n) is 9.55. The third-order valence-corrected chi connectivity index (χ3v) is 3.59. The first-order chi connectivity index (χ1) is 9.20. The number of halogens is 2. The van der Waals surface area contributed by atoms with Crippen LogP contribution in [0.5, 0.6) is 0 Å². The molecule has 0 spiro atoms. The number of rotatable bonds is 2. The summed E-state index contributed by atoms with van der Waals surface area (Å²) in [6, 6.07) is 8.91. The number of benzene rings is 1. The van der Waals surface area contributed by atoms with E-state index >= 15 is 0 Å². The van der Waals surface area contributed by atoms with E-state index in [1.54, 1.807) is 18.2 Å². The number of fused-ring (bicyclic) bond motifs is 1. The highest BCUT2D eigenvalue weighted by atomic mass is 35.5. The Morgan fingerprint density at radius 3 is 2.63 bits per heavy atom. The maximum atomic E-state index is 13.2. The summed E-state index contributed by atoms with van der Waals surface area (Å²) >= 11 is 6.07. The molecule has 0 aliphatic carbocycles. The van der Waals surface area contributed by atoms with Gasteiger partial charge in [-0.3, -0.25) is 0 Å². The Kier molecular flexibility index (Phi) is 3.04. The van der Waals surface area contributed by atoms with Crippen molar-refractivity contribution in [3.63, 3.8) is 0 Å². The molecule has 0 unspecified atom stereocenters. The van der Waals surface area contributed by atoms with Crippen molar-refractivity contribution in [2.75, 3.05) is 5.73 Å². The van der Waals surface area contributed by atoms with E-state index in [0.29, 0.717) is 27.6 Å². The topological polar surface area (TPSA) is 56.7 Å². The lowest BCUT2D eigenvalue weighted by atomic mass is 10.1. The predicted molar refractivity (Wildman–Crippen MR) is 76.5 cm³/mol. The van der Waals surface area contributed by atoms with Crippen LogP contribution >= 0.6 is 23.9 Å². The van der Waals surface area contributed by atoms with Crippen LogP contribution in [-0.4, -0.2) is 13.9 Å². The standard InChI is InChI=1S/C12H8ClFN4S/c13-11-9-5-10(7-1-3-8(15)4-2-7)18(19-14)12(9)17-6-16-11/h1-6H,15H2. The van der Waals surface area contributed by atoms with Crippen molar-refractivity contribution in [2.24, 2.45) is 0 Å². The van der Waals surface area contributed by atoms with Gasteiger partial charge in [0.1, 0.15) is 11.5 Å². The van der Waals surface area contributed by atoms with E-state index in [4.69, 9.17) is 17.3 Å². The number of nitrogens with zero attached hydrogens (tertiary/aromatic N) is 3. The van der Waals surface area contributed by atoms with E-state index < -0.39 is 0 Å². The Labute approximate surface area is 117 Å². The quantitative estimate of drug-likeness (QED) is 0.578. The first-order valence-corrected chi connectivity index (χ1v) is 6.43. The van der Waals surface area contributed by atoms with Gasteiger partial charge in [-0.1, -0.05) is 23.7 Å². The predicted octanol–water partition coefficient (Wildman–Crippen LogP) is 3.71. The smallest absolute Gasteiger partial charge is 0.171 e. The minimum absolute atomic E-state index is 0.0758. The average molecular weight is 295 g/mol. The molecule has 19 heavy (non-hydrogen) atoms. The molecule has 2 aromatic heterocycles. The van der Waals surface area contributed by atoms with Crippen molar-refractivity contribution in [3.8, 4) is 11.3 Å². The lowest BCUT2D eigenvalue weighted by Gasteiger charge is -2.04. The fourth-order valence-corrected chi connectivity index (χ4v) is 2.51. The van der Waals surface area contributed by atoms with Gasteiger partial charge in [0, 0.05) is 5.69 Å². The lowest BCUT2D eigenvalue weighted by molar-refractivity contribution is 0.920. The van der Waals surface area contributed by atoms with Crippen LogP contribution in [-0.2, 0) is 0 Å². The Morgan fingerprint density at radius 2 is 1.95 bits per heavy atom. The molecule has 3 rings (SSSR count). The zero-order valence-corrected chi connectivity index (χ0v) is 11.1. The van der Waals surface area contributed by atoms with Crippen LogP contribution in [0.1, 0.15) is 0 Å². The number of nitrogen functional groups attached to an aromatic ring is 1. The molecule has 0 radical (unpaired) electrons. The fourth-order valence-electron chi connectivity index (χ4n) is 1.89. The Hall–Kier alpha value is -1.79. The Bertz CT molecular complexity index is 741. The third-order valence-electron chi connectivity index (χ3n) is 2.78. The van der Waals surface area contributed by atoms with Crippen LogP contribution in [0.3, 0.4) is 0 Å². The second kappa shape index (κ2) is 4.71. The first-order valence-electron chi connectivity index (χ1n) is 5.37. The number of aromatic nitrogens is 3. The lowest BCUT2D eigenvalue weighted by Crippen LogP contribution is -1.91. The van der Waals surface area contributed by atoms with Gasteiger partial charge in [-0.15, -0.1) is 3.89 Å². The van der Waals surface area contributed by atoms with Crippen molar-refractivity contribution in [1.29, 1.82) is 0 Å². The molecule has 0 saturated heterocycles. The minimum atomic E-state index is 0.0758. The number of anilines is 1. The molecule has 0 aliphatic rings. The number of nitrogens with two attached hydrogens (primary N) is 1. The van der Waals surface area contributed by atoms with Crippen molar-refractivity contribution < 1.29 is 3.89 Å². The van der Waals surface area contributed by atoms with Crippen LogP contribution in [0.2, 0.25) is 5.15 Å². The van der Waals surface area contributed by atoms with Gasteiger partial charge in [-0.05, 0) is 23.8 Å². The zero-order chi connectivity index (χ0) is 13.4. The number of hydrogen-bond donors (Lipinski definition) is 1. The van der Waals surface area contributed by atoms with Crippen molar-refractivity contribution >= 4 is 40.7 Å². The highest BCUT2D eigenvalue weighted by molar-refractivity contribution is 7.93. The summed E-state index contributed by atoms with van der Waals surface area (Å²) in [6.07, 6.45) is 1.31. The summed E-state index contributed by atoms with van der Waals surface area (Å²) in [5, 5.41) is 0.913. The monoisotopic (exact) mass is 294 g/mol. The SMILES string of the molecule is Nc1ccc(-c2cc3c(Cl)ncnc3n2SF)cc1. The van der Waals surface area contributed by atoms with Crippen LogP contribution in [0.4, 0.5) is 9.57 Å². The summed E-state index contributed by atoms with van der Waals surface area (Å²) < 4.78 is 14.6. The molecule has 0 amide bonds. The molecule has 0 bridgehead atoms. The van der Waals surface area contributed by atoms with E-state index in [0.717, 1.165) is 5.56 Å². The molecule has 0 fully saturated rings. The Morgan fingerprint density at radius 1 is 1.21 bits per heavy atom.